The van der Waals surface area contributed by atoms with Crippen LogP contribution in [0.15, 0.2) is 0 Å². The van der Waals surface area contributed by atoms with Crippen molar-refractivity contribution in [3.05, 3.63) is 0 Å². The molecule has 0 amide bonds. The zero-order valence-corrected chi connectivity index (χ0v) is 14.4. The van der Waals surface area contributed by atoms with Gasteiger partial charge in [-0.3, -0.25) is 4.79 Å². The number of alkyl halides is 1. The van der Waals surface area contributed by atoms with Crippen molar-refractivity contribution in [2.24, 2.45) is 0 Å². The molecule has 0 fully saturated rings. The van der Waals surface area contributed by atoms with Crippen LogP contribution in [0.25, 0.3) is 0 Å². The van der Waals surface area contributed by atoms with E-state index in [0.717, 1.165) is 11.8 Å². The number of hydrogen-bond acceptors (Lipinski definition) is 6. The Morgan fingerprint density at radius 2 is 1.19 bits per heavy atom. The minimum Gasteiger partial charge on any atom is -0.463 e. The molecule has 0 radical (unpaired) electrons. The molecule has 0 bridgehead atoms. The Morgan fingerprint density at radius 1 is 0.762 bits per heavy atom. The summed E-state index contributed by atoms with van der Waals surface area (Å²) in [5.74, 6) is -0.172. The molecule has 0 saturated carbocycles. The highest BCUT2D eigenvalue weighted by Crippen LogP contribution is 1.91. The van der Waals surface area contributed by atoms with E-state index in [0.29, 0.717) is 65.9 Å². The molecule has 0 aromatic rings. The third-order valence-corrected chi connectivity index (χ3v) is 2.61. The lowest BCUT2D eigenvalue weighted by Crippen LogP contribution is -2.14. The summed E-state index contributed by atoms with van der Waals surface area (Å²) in [6, 6.07) is 0. The van der Waals surface area contributed by atoms with Gasteiger partial charge in [0.15, 0.2) is 0 Å². The Labute approximate surface area is 135 Å². The molecule has 6 nitrogen and oxygen atoms in total. The van der Waals surface area contributed by atoms with Gasteiger partial charge < -0.3 is 23.7 Å². The molecule has 0 unspecified atom stereocenters. The van der Waals surface area contributed by atoms with E-state index >= 15 is 0 Å². The molecular weight excluding hydrogens is 344 g/mol. The van der Waals surface area contributed by atoms with Gasteiger partial charge in [-0.05, 0) is 6.42 Å². The van der Waals surface area contributed by atoms with E-state index < -0.39 is 0 Å². The Bertz CT molecular complexity index is 228. The van der Waals surface area contributed by atoms with Gasteiger partial charge in [0.2, 0.25) is 0 Å². The summed E-state index contributed by atoms with van der Waals surface area (Å²) in [6.07, 6.45) is 1.27. The average Bonchev–Trinajstić information content (AvgIpc) is 2.48. The molecule has 0 aliphatic carbocycles. The monoisotopic (exact) mass is 370 g/mol. The molecule has 0 heterocycles. The molecular formula is C14H27BrO6. The maximum atomic E-state index is 11.0. The Kier molecular flexibility index (Phi) is 17.7. The molecule has 126 valence electrons. The number of hydrogen-bond donors (Lipinski definition) is 0. The van der Waals surface area contributed by atoms with Gasteiger partial charge in [-0.1, -0.05) is 22.9 Å². The molecule has 0 atom stereocenters. The van der Waals surface area contributed by atoms with Crippen molar-refractivity contribution >= 4 is 21.9 Å². The quantitative estimate of drug-likeness (QED) is 0.234. The molecule has 0 saturated heterocycles. The van der Waals surface area contributed by atoms with Crippen LogP contribution in [0.3, 0.4) is 0 Å². The lowest BCUT2D eigenvalue weighted by molar-refractivity contribution is -0.145. The van der Waals surface area contributed by atoms with Gasteiger partial charge in [0, 0.05) is 11.8 Å². The predicted octanol–water partition coefficient (Wildman–Crippen LogP) is 1.79. The van der Waals surface area contributed by atoms with Crippen LogP contribution in [0.4, 0.5) is 0 Å². The second-order valence-electron chi connectivity index (χ2n) is 4.11. The van der Waals surface area contributed by atoms with E-state index in [9.17, 15) is 4.79 Å². The van der Waals surface area contributed by atoms with Crippen LogP contribution in [-0.4, -0.2) is 70.8 Å². The van der Waals surface area contributed by atoms with Gasteiger partial charge in [-0.15, -0.1) is 0 Å². The predicted molar refractivity (Wildman–Crippen MR) is 82.9 cm³/mol. The number of carbonyl (C=O) groups excluding carboxylic acids is 1. The lowest BCUT2D eigenvalue weighted by Gasteiger charge is -2.07. The minimum atomic E-state index is -0.172. The standard InChI is InChI=1S/C14H27BrO6/c1-2-3-14(16)21-13-12-20-11-10-19-9-8-18-7-6-17-5-4-15/h2-13H2,1H3. The van der Waals surface area contributed by atoms with E-state index in [2.05, 4.69) is 15.9 Å². The molecule has 0 aromatic carbocycles. The van der Waals surface area contributed by atoms with Crippen LogP contribution in [0, 0.1) is 0 Å². The van der Waals surface area contributed by atoms with Crippen molar-refractivity contribution in [3.8, 4) is 0 Å². The third-order valence-electron chi connectivity index (χ3n) is 2.28. The summed E-state index contributed by atoms with van der Waals surface area (Å²) in [7, 11) is 0. The fourth-order valence-corrected chi connectivity index (χ4v) is 1.54. The van der Waals surface area contributed by atoms with Gasteiger partial charge >= 0.3 is 5.97 Å². The maximum Gasteiger partial charge on any atom is 0.305 e. The van der Waals surface area contributed by atoms with Crippen LogP contribution in [-0.2, 0) is 28.5 Å². The van der Waals surface area contributed by atoms with Crippen molar-refractivity contribution in [1.82, 2.24) is 0 Å². The fraction of sp³-hybridized carbons (Fsp3) is 0.929. The van der Waals surface area contributed by atoms with Crippen LogP contribution >= 0.6 is 15.9 Å². The number of rotatable bonds is 16. The Balaban J connectivity index is 3.01. The first-order chi connectivity index (χ1) is 10.3. The first-order valence-corrected chi connectivity index (χ1v) is 8.46. The molecule has 0 N–H and O–H groups in total. The fourth-order valence-electron chi connectivity index (χ4n) is 1.31. The van der Waals surface area contributed by atoms with Crippen LogP contribution in [0.2, 0.25) is 0 Å². The molecule has 21 heavy (non-hydrogen) atoms. The summed E-state index contributed by atoms with van der Waals surface area (Å²) in [6.45, 7) is 6.60. The van der Waals surface area contributed by atoms with Gasteiger partial charge in [0.25, 0.3) is 0 Å². The first-order valence-electron chi connectivity index (χ1n) is 7.33. The van der Waals surface area contributed by atoms with Crippen LogP contribution < -0.4 is 0 Å². The maximum absolute atomic E-state index is 11.0. The van der Waals surface area contributed by atoms with Gasteiger partial charge in [-0.2, -0.15) is 0 Å². The second-order valence-corrected chi connectivity index (χ2v) is 4.90. The molecule has 0 spiro atoms. The van der Waals surface area contributed by atoms with E-state index in [1.54, 1.807) is 0 Å². The summed E-state index contributed by atoms with van der Waals surface area (Å²) in [5, 5.41) is 0.841. The van der Waals surface area contributed by atoms with Gasteiger partial charge in [0.1, 0.15) is 6.61 Å². The highest BCUT2D eigenvalue weighted by molar-refractivity contribution is 9.09. The van der Waals surface area contributed by atoms with E-state index in [1.807, 2.05) is 6.92 Å². The topological polar surface area (TPSA) is 63.2 Å². The molecule has 7 heteroatoms. The van der Waals surface area contributed by atoms with E-state index in [-0.39, 0.29) is 5.97 Å². The largest absolute Gasteiger partial charge is 0.463 e. The van der Waals surface area contributed by atoms with Crippen molar-refractivity contribution in [2.75, 3.05) is 64.8 Å². The SMILES string of the molecule is CCCC(=O)OCCOCCOCCOCCOCCBr. The molecule has 0 aliphatic heterocycles. The third kappa shape index (κ3) is 17.7. The van der Waals surface area contributed by atoms with Crippen LogP contribution in [0.5, 0.6) is 0 Å². The average molecular weight is 371 g/mol. The summed E-state index contributed by atoms with van der Waals surface area (Å²) < 4.78 is 26.1. The number of ether oxygens (including phenoxy) is 5. The van der Waals surface area contributed by atoms with Gasteiger partial charge in [0.05, 0.1) is 52.9 Å². The lowest BCUT2D eigenvalue weighted by atomic mass is 10.3. The number of esters is 1. The normalized spacial score (nSPS) is 10.8. The summed E-state index contributed by atoms with van der Waals surface area (Å²) >= 11 is 3.27. The molecule has 0 rings (SSSR count). The molecule has 0 aliphatic rings. The highest BCUT2D eigenvalue weighted by atomic mass is 79.9. The van der Waals surface area contributed by atoms with Gasteiger partial charge in [-0.25, -0.2) is 0 Å². The smallest absolute Gasteiger partial charge is 0.305 e. The first kappa shape index (κ1) is 20.8. The minimum absolute atomic E-state index is 0.172. The van der Waals surface area contributed by atoms with Crippen molar-refractivity contribution in [1.29, 1.82) is 0 Å². The van der Waals surface area contributed by atoms with E-state index in [4.69, 9.17) is 23.7 Å². The van der Waals surface area contributed by atoms with Crippen LogP contribution in [0.1, 0.15) is 19.8 Å². The van der Waals surface area contributed by atoms with E-state index in [1.165, 1.54) is 0 Å². The summed E-state index contributed by atoms with van der Waals surface area (Å²) in [5.41, 5.74) is 0. The second kappa shape index (κ2) is 17.8. The van der Waals surface area contributed by atoms with Crippen molar-refractivity contribution < 1.29 is 28.5 Å². The zero-order chi connectivity index (χ0) is 15.6. The summed E-state index contributed by atoms with van der Waals surface area (Å²) in [4.78, 5) is 11.0. The highest BCUT2D eigenvalue weighted by Gasteiger charge is 1.99. The molecule has 0 aromatic heterocycles. The Hall–Kier alpha value is -0.210. The van der Waals surface area contributed by atoms with Crippen molar-refractivity contribution in [2.45, 2.75) is 19.8 Å². The Morgan fingerprint density at radius 3 is 1.62 bits per heavy atom. The zero-order valence-electron chi connectivity index (χ0n) is 12.8. The van der Waals surface area contributed by atoms with Crippen molar-refractivity contribution in [3.63, 3.8) is 0 Å². The number of halogens is 1. The number of carbonyl (C=O) groups is 1.